The van der Waals surface area contributed by atoms with Gasteiger partial charge < -0.3 is 5.32 Å². The van der Waals surface area contributed by atoms with Crippen LogP contribution in [-0.2, 0) is 4.79 Å². The van der Waals surface area contributed by atoms with Crippen LogP contribution in [-0.4, -0.2) is 11.9 Å². The molecule has 1 rings (SSSR count). The molecule has 0 aromatic heterocycles. The number of unbranched alkanes of at least 4 members (excludes halogenated alkanes) is 2. The summed E-state index contributed by atoms with van der Waals surface area (Å²) in [5.74, 6) is 0.256. The number of carbonyl (C=O) groups is 1. The Labute approximate surface area is 93.8 Å². The van der Waals surface area contributed by atoms with Crippen molar-refractivity contribution in [2.75, 3.05) is 0 Å². The number of rotatable bonds is 5. The quantitative estimate of drug-likeness (QED) is 0.695. The molecule has 0 spiro atoms. The van der Waals surface area contributed by atoms with Crippen LogP contribution in [0.15, 0.2) is 0 Å². The number of hydrogen-bond acceptors (Lipinski definition) is 1. The van der Waals surface area contributed by atoms with Gasteiger partial charge in [0.05, 0.1) is 0 Å². The molecule has 1 unspecified atom stereocenters. The third kappa shape index (κ3) is 4.67. The first-order chi connectivity index (χ1) is 7.03. The minimum absolute atomic E-state index is 0.256. The Morgan fingerprint density at radius 3 is 2.67 bits per heavy atom. The lowest BCUT2D eigenvalue weighted by atomic mass is 9.92. The van der Waals surface area contributed by atoms with Crippen molar-refractivity contribution in [3.05, 3.63) is 0 Å². The number of amides is 1. The summed E-state index contributed by atoms with van der Waals surface area (Å²) in [5, 5.41) is 3.15. The molecule has 1 aliphatic carbocycles. The zero-order valence-corrected chi connectivity index (χ0v) is 10.4. The van der Waals surface area contributed by atoms with Gasteiger partial charge in [-0.1, -0.05) is 33.6 Å². The number of hydrogen-bond donors (Lipinski definition) is 1. The second kappa shape index (κ2) is 5.53. The highest BCUT2D eigenvalue weighted by Crippen LogP contribution is 2.36. The normalized spacial score (nSPS) is 24.1. The van der Waals surface area contributed by atoms with Crippen molar-refractivity contribution in [2.24, 2.45) is 5.41 Å². The molecule has 0 aliphatic heterocycles. The Kier molecular flexibility index (Phi) is 4.62. The molecule has 0 radical (unpaired) electrons. The van der Waals surface area contributed by atoms with Gasteiger partial charge in [-0.05, 0) is 31.1 Å². The van der Waals surface area contributed by atoms with Crippen LogP contribution in [0.25, 0.3) is 0 Å². The van der Waals surface area contributed by atoms with E-state index in [9.17, 15) is 4.79 Å². The smallest absolute Gasteiger partial charge is 0.220 e. The molecular weight excluding hydrogens is 186 g/mol. The van der Waals surface area contributed by atoms with Gasteiger partial charge in [0.25, 0.3) is 0 Å². The summed E-state index contributed by atoms with van der Waals surface area (Å²) in [4.78, 5) is 11.6. The fourth-order valence-electron chi connectivity index (χ4n) is 2.39. The van der Waals surface area contributed by atoms with Crippen molar-refractivity contribution < 1.29 is 4.79 Å². The largest absolute Gasteiger partial charge is 0.353 e. The van der Waals surface area contributed by atoms with Gasteiger partial charge in [-0.15, -0.1) is 0 Å². The fourth-order valence-corrected chi connectivity index (χ4v) is 2.39. The van der Waals surface area contributed by atoms with E-state index in [1.54, 1.807) is 0 Å². The van der Waals surface area contributed by atoms with Crippen molar-refractivity contribution in [3.8, 4) is 0 Å². The van der Waals surface area contributed by atoms with Crippen molar-refractivity contribution in [1.29, 1.82) is 0 Å². The van der Waals surface area contributed by atoms with Crippen LogP contribution < -0.4 is 5.32 Å². The van der Waals surface area contributed by atoms with Crippen molar-refractivity contribution >= 4 is 5.91 Å². The first kappa shape index (κ1) is 12.5. The molecule has 1 amide bonds. The van der Waals surface area contributed by atoms with E-state index in [4.69, 9.17) is 0 Å². The molecule has 1 aliphatic rings. The zero-order chi connectivity index (χ0) is 11.3. The van der Waals surface area contributed by atoms with E-state index in [-0.39, 0.29) is 5.91 Å². The lowest BCUT2D eigenvalue weighted by Gasteiger charge is -2.17. The van der Waals surface area contributed by atoms with Crippen LogP contribution in [0.5, 0.6) is 0 Å². The minimum Gasteiger partial charge on any atom is -0.353 e. The highest BCUT2D eigenvalue weighted by molar-refractivity contribution is 5.76. The standard InChI is InChI=1S/C13H25NO/c1-4-5-6-7-12(15)14-11-8-9-13(2,3)10-11/h11H,4-10H2,1-3H3,(H,14,15). The molecule has 88 valence electrons. The third-order valence-corrected chi connectivity index (χ3v) is 3.34. The Bertz CT molecular complexity index is 211. The Morgan fingerprint density at radius 2 is 2.13 bits per heavy atom. The molecular formula is C13H25NO. The summed E-state index contributed by atoms with van der Waals surface area (Å²) in [5.41, 5.74) is 0.432. The lowest BCUT2D eigenvalue weighted by molar-refractivity contribution is -0.121. The van der Waals surface area contributed by atoms with Crippen LogP contribution in [0.2, 0.25) is 0 Å². The Morgan fingerprint density at radius 1 is 1.40 bits per heavy atom. The molecule has 0 saturated heterocycles. The van der Waals surface area contributed by atoms with E-state index in [1.807, 2.05) is 0 Å². The van der Waals surface area contributed by atoms with E-state index < -0.39 is 0 Å². The third-order valence-electron chi connectivity index (χ3n) is 3.34. The van der Waals surface area contributed by atoms with E-state index in [1.165, 1.54) is 19.3 Å². The maximum atomic E-state index is 11.6. The molecule has 1 N–H and O–H groups in total. The highest BCUT2D eigenvalue weighted by atomic mass is 16.1. The highest BCUT2D eigenvalue weighted by Gasteiger charge is 2.31. The summed E-state index contributed by atoms with van der Waals surface area (Å²) in [6.45, 7) is 6.74. The van der Waals surface area contributed by atoms with Gasteiger partial charge >= 0.3 is 0 Å². The second-order valence-corrected chi connectivity index (χ2v) is 5.63. The first-order valence-corrected chi connectivity index (χ1v) is 6.33. The Balaban J connectivity index is 2.16. The molecule has 1 saturated carbocycles. The summed E-state index contributed by atoms with van der Waals surface area (Å²) < 4.78 is 0. The van der Waals surface area contributed by atoms with Crippen molar-refractivity contribution in [2.45, 2.75) is 71.8 Å². The van der Waals surface area contributed by atoms with Crippen molar-refractivity contribution in [1.82, 2.24) is 5.32 Å². The van der Waals surface area contributed by atoms with E-state index in [2.05, 4.69) is 26.1 Å². The predicted molar refractivity (Wildman–Crippen MR) is 63.7 cm³/mol. The average Bonchev–Trinajstić information content (AvgIpc) is 2.46. The van der Waals surface area contributed by atoms with Crippen LogP contribution in [0.1, 0.15) is 65.7 Å². The summed E-state index contributed by atoms with van der Waals surface area (Å²) in [7, 11) is 0. The molecule has 0 aromatic carbocycles. The molecule has 2 heteroatoms. The van der Waals surface area contributed by atoms with Gasteiger partial charge in [0.1, 0.15) is 0 Å². The number of carbonyl (C=O) groups excluding carboxylic acids is 1. The maximum Gasteiger partial charge on any atom is 0.220 e. The molecule has 15 heavy (non-hydrogen) atoms. The molecule has 1 fully saturated rings. The number of nitrogens with one attached hydrogen (secondary N) is 1. The van der Waals surface area contributed by atoms with Crippen LogP contribution in [0.3, 0.4) is 0 Å². The van der Waals surface area contributed by atoms with Gasteiger partial charge in [0.15, 0.2) is 0 Å². The minimum atomic E-state index is 0.256. The lowest BCUT2D eigenvalue weighted by Crippen LogP contribution is -2.33. The maximum absolute atomic E-state index is 11.6. The summed E-state index contributed by atoms with van der Waals surface area (Å²) in [6, 6.07) is 0.439. The molecule has 1 atom stereocenters. The second-order valence-electron chi connectivity index (χ2n) is 5.63. The van der Waals surface area contributed by atoms with E-state index >= 15 is 0 Å². The average molecular weight is 211 g/mol. The molecule has 2 nitrogen and oxygen atoms in total. The predicted octanol–water partition coefficient (Wildman–Crippen LogP) is 3.26. The topological polar surface area (TPSA) is 29.1 Å². The van der Waals surface area contributed by atoms with Gasteiger partial charge in [-0.25, -0.2) is 0 Å². The van der Waals surface area contributed by atoms with Crippen LogP contribution in [0.4, 0.5) is 0 Å². The van der Waals surface area contributed by atoms with Gasteiger partial charge in [0, 0.05) is 12.5 Å². The molecule has 0 aromatic rings. The van der Waals surface area contributed by atoms with Gasteiger partial charge in [-0.2, -0.15) is 0 Å². The van der Waals surface area contributed by atoms with E-state index in [0.29, 0.717) is 17.9 Å². The van der Waals surface area contributed by atoms with Crippen LogP contribution >= 0.6 is 0 Å². The van der Waals surface area contributed by atoms with E-state index in [0.717, 1.165) is 19.3 Å². The summed E-state index contributed by atoms with van der Waals surface area (Å²) in [6.07, 6.45) is 7.66. The zero-order valence-electron chi connectivity index (χ0n) is 10.4. The monoisotopic (exact) mass is 211 g/mol. The van der Waals surface area contributed by atoms with Gasteiger partial charge in [0.2, 0.25) is 5.91 Å². The SMILES string of the molecule is CCCCCC(=O)NC1CCC(C)(C)C1. The van der Waals surface area contributed by atoms with Crippen molar-refractivity contribution in [3.63, 3.8) is 0 Å². The Hall–Kier alpha value is -0.530. The molecule has 0 heterocycles. The fraction of sp³-hybridized carbons (Fsp3) is 0.923. The van der Waals surface area contributed by atoms with Crippen LogP contribution in [0, 0.1) is 5.41 Å². The first-order valence-electron chi connectivity index (χ1n) is 6.33. The van der Waals surface area contributed by atoms with Gasteiger partial charge in [-0.3, -0.25) is 4.79 Å². The summed E-state index contributed by atoms with van der Waals surface area (Å²) >= 11 is 0. The molecule has 0 bridgehead atoms.